The lowest BCUT2D eigenvalue weighted by Gasteiger charge is -2.32. The number of alkyl halides is 3. The maximum Gasteiger partial charge on any atom is 0.425 e. The van der Waals surface area contributed by atoms with E-state index in [0.717, 1.165) is 36.7 Å². The van der Waals surface area contributed by atoms with Gasteiger partial charge in [0.1, 0.15) is 17.8 Å². The number of hydrogen-bond acceptors (Lipinski definition) is 9. The summed E-state index contributed by atoms with van der Waals surface area (Å²) in [4.78, 5) is 24.3. The molecule has 2 fully saturated rings. The molecule has 0 amide bonds. The molecule has 3 aromatic heterocycles. The highest BCUT2D eigenvalue weighted by Gasteiger charge is 2.56. The van der Waals surface area contributed by atoms with E-state index in [9.17, 15) is 18.3 Å². The van der Waals surface area contributed by atoms with Gasteiger partial charge in [0.2, 0.25) is 11.5 Å². The number of anilines is 2. The van der Waals surface area contributed by atoms with Crippen molar-refractivity contribution in [3.8, 4) is 11.3 Å². The number of H-pyrrole nitrogens is 1. The van der Waals surface area contributed by atoms with Crippen LogP contribution in [-0.4, -0.2) is 88.7 Å². The predicted molar refractivity (Wildman–Crippen MR) is 139 cm³/mol. The van der Waals surface area contributed by atoms with Crippen molar-refractivity contribution < 1.29 is 23.0 Å². The molecule has 1 unspecified atom stereocenters. The summed E-state index contributed by atoms with van der Waals surface area (Å²) in [6.45, 7) is 5.40. The second-order valence-corrected chi connectivity index (χ2v) is 9.54. The third-order valence-electron chi connectivity index (χ3n) is 7.19. The van der Waals surface area contributed by atoms with Gasteiger partial charge in [0.15, 0.2) is 0 Å². The molecule has 5 heterocycles. The van der Waals surface area contributed by atoms with Gasteiger partial charge in [0.05, 0.1) is 18.6 Å². The second-order valence-electron chi connectivity index (χ2n) is 9.54. The van der Waals surface area contributed by atoms with Crippen molar-refractivity contribution in [1.82, 2.24) is 30.2 Å². The molecule has 10 nitrogen and oxygen atoms in total. The average Bonchev–Trinajstić information content (AvgIpc) is 3.42. The molecule has 4 aromatic rings. The summed E-state index contributed by atoms with van der Waals surface area (Å²) in [6.07, 6.45) is -1.42. The minimum atomic E-state index is -5.00. The molecule has 0 spiro atoms. The predicted octanol–water partition coefficient (Wildman–Crippen LogP) is 2.46. The Morgan fingerprint density at radius 2 is 1.54 bits per heavy atom. The van der Waals surface area contributed by atoms with E-state index in [1.54, 1.807) is 0 Å². The number of rotatable bonds is 5. The molecule has 1 aromatic carbocycles. The maximum atomic E-state index is 14.4. The first-order valence-corrected chi connectivity index (χ1v) is 12.7. The first kappa shape index (κ1) is 25.5. The summed E-state index contributed by atoms with van der Waals surface area (Å²) in [6, 6.07) is 7.50. The Labute approximate surface area is 221 Å². The van der Waals surface area contributed by atoms with Crippen molar-refractivity contribution in [3.63, 3.8) is 0 Å². The highest BCUT2D eigenvalue weighted by Crippen LogP contribution is 2.44. The number of piperazine rings is 1. The number of fused-ring (bicyclic) bond motifs is 1. The fourth-order valence-electron chi connectivity index (χ4n) is 5.03. The zero-order valence-electron chi connectivity index (χ0n) is 20.9. The maximum absolute atomic E-state index is 14.4. The van der Waals surface area contributed by atoms with Crippen LogP contribution in [0.1, 0.15) is 11.1 Å². The van der Waals surface area contributed by atoms with E-state index >= 15 is 0 Å². The Morgan fingerprint density at radius 3 is 2.21 bits per heavy atom. The van der Waals surface area contributed by atoms with Gasteiger partial charge in [-0.15, -0.1) is 0 Å². The number of aromatic amines is 1. The second kappa shape index (κ2) is 10.1. The highest BCUT2D eigenvalue weighted by atomic mass is 19.4. The normalized spacial score (nSPS) is 18.4. The molecule has 1 atom stereocenters. The van der Waals surface area contributed by atoms with E-state index in [2.05, 4.69) is 35.1 Å². The third kappa shape index (κ3) is 4.66. The molecule has 204 valence electrons. The summed E-state index contributed by atoms with van der Waals surface area (Å²) in [7, 11) is 0. The SMILES string of the molecule is OC(c1ccc(-c2cc3c(N4CCOCC4)ncnc3[nH]2)cc1)(c1cnc(N2CCNCC2)nc1)C(F)(F)F. The Hall–Kier alpha value is -3.81. The number of nitrogens with zero attached hydrogens (tertiary/aromatic N) is 6. The van der Waals surface area contributed by atoms with E-state index in [0.29, 0.717) is 62.2 Å². The van der Waals surface area contributed by atoms with Gasteiger partial charge in [-0.3, -0.25) is 0 Å². The minimum Gasteiger partial charge on any atom is -0.378 e. The van der Waals surface area contributed by atoms with Crippen molar-refractivity contribution in [3.05, 3.63) is 60.2 Å². The molecule has 0 bridgehead atoms. The van der Waals surface area contributed by atoms with Gasteiger partial charge in [-0.05, 0) is 17.2 Å². The number of aromatic nitrogens is 5. The molecule has 0 aliphatic carbocycles. The van der Waals surface area contributed by atoms with Crippen molar-refractivity contribution in [2.24, 2.45) is 0 Å². The van der Waals surface area contributed by atoms with Crippen LogP contribution in [0.15, 0.2) is 49.1 Å². The van der Waals surface area contributed by atoms with Gasteiger partial charge in [-0.1, -0.05) is 24.3 Å². The van der Waals surface area contributed by atoms with Crippen LogP contribution in [0, 0.1) is 0 Å². The van der Waals surface area contributed by atoms with Crippen LogP contribution in [0.5, 0.6) is 0 Å². The standard InChI is InChI=1S/C26H27F3N8O2/c27-26(28,29)25(38,19-14-31-24(32-15-19)37-7-5-30-6-8-37)18-3-1-17(2-4-18)21-13-20-22(35-21)33-16-34-23(20)36-9-11-39-12-10-36/h1-4,13-16,30,38H,5-12H2,(H,33,34,35). The molecular weight excluding hydrogens is 513 g/mol. The molecule has 39 heavy (non-hydrogen) atoms. The van der Waals surface area contributed by atoms with Crippen LogP contribution in [-0.2, 0) is 10.3 Å². The summed E-state index contributed by atoms with van der Waals surface area (Å²) in [5, 5.41) is 15.1. The quantitative estimate of drug-likeness (QED) is 0.351. The van der Waals surface area contributed by atoms with Gasteiger partial charge in [-0.25, -0.2) is 19.9 Å². The van der Waals surface area contributed by atoms with Crippen LogP contribution in [0.25, 0.3) is 22.3 Å². The van der Waals surface area contributed by atoms with E-state index in [1.165, 1.54) is 30.6 Å². The van der Waals surface area contributed by atoms with Gasteiger partial charge < -0.3 is 29.9 Å². The van der Waals surface area contributed by atoms with Crippen LogP contribution in [0.3, 0.4) is 0 Å². The van der Waals surface area contributed by atoms with Crippen LogP contribution in [0.4, 0.5) is 24.9 Å². The van der Waals surface area contributed by atoms with E-state index in [4.69, 9.17) is 4.74 Å². The number of morpholine rings is 1. The Balaban J connectivity index is 1.31. The molecule has 3 N–H and O–H groups in total. The third-order valence-corrected chi connectivity index (χ3v) is 7.19. The summed E-state index contributed by atoms with van der Waals surface area (Å²) < 4.78 is 48.5. The fourth-order valence-corrected chi connectivity index (χ4v) is 5.03. The monoisotopic (exact) mass is 540 g/mol. The highest BCUT2D eigenvalue weighted by molar-refractivity contribution is 5.92. The number of ether oxygens (including phenoxy) is 1. The first-order valence-electron chi connectivity index (χ1n) is 12.7. The van der Waals surface area contributed by atoms with Gasteiger partial charge >= 0.3 is 6.18 Å². The number of aliphatic hydroxyl groups is 1. The van der Waals surface area contributed by atoms with Crippen LogP contribution >= 0.6 is 0 Å². The molecule has 0 radical (unpaired) electrons. The number of benzene rings is 1. The molecule has 2 aliphatic rings. The van der Waals surface area contributed by atoms with Gasteiger partial charge in [0, 0.05) is 62.9 Å². The largest absolute Gasteiger partial charge is 0.425 e. The smallest absolute Gasteiger partial charge is 0.378 e. The van der Waals surface area contributed by atoms with Crippen molar-refractivity contribution >= 4 is 22.8 Å². The van der Waals surface area contributed by atoms with Crippen molar-refractivity contribution in [1.29, 1.82) is 0 Å². The van der Waals surface area contributed by atoms with Gasteiger partial charge in [-0.2, -0.15) is 13.2 Å². The Kier molecular flexibility index (Phi) is 6.57. The average molecular weight is 541 g/mol. The topological polar surface area (TPSA) is 115 Å². The minimum absolute atomic E-state index is 0.331. The molecule has 2 aliphatic heterocycles. The lowest BCUT2D eigenvalue weighted by atomic mass is 9.86. The molecular formula is C26H27F3N8O2. The van der Waals surface area contributed by atoms with Crippen molar-refractivity contribution in [2.45, 2.75) is 11.8 Å². The molecule has 13 heteroatoms. The van der Waals surface area contributed by atoms with Gasteiger partial charge in [0.25, 0.3) is 0 Å². The molecule has 0 saturated carbocycles. The first-order chi connectivity index (χ1) is 18.8. The number of hydrogen-bond donors (Lipinski definition) is 3. The zero-order chi connectivity index (χ0) is 27.0. The van der Waals surface area contributed by atoms with Crippen molar-refractivity contribution in [2.75, 3.05) is 62.3 Å². The lowest BCUT2D eigenvalue weighted by Crippen LogP contribution is -2.45. The summed E-state index contributed by atoms with van der Waals surface area (Å²) >= 11 is 0. The number of halogens is 3. The molecule has 2 saturated heterocycles. The lowest BCUT2D eigenvalue weighted by molar-refractivity contribution is -0.248. The zero-order valence-corrected chi connectivity index (χ0v) is 20.9. The summed E-state index contributed by atoms with van der Waals surface area (Å²) in [5.74, 6) is 1.11. The Bertz CT molecular complexity index is 1430. The van der Waals surface area contributed by atoms with E-state index in [1.807, 2.05) is 11.0 Å². The van der Waals surface area contributed by atoms with E-state index < -0.39 is 17.3 Å². The Morgan fingerprint density at radius 1 is 0.846 bits per heavy atom. The number of nitrogens with one attached hydrogen (secondary N) is 2. The molecule has 6 rings (SSSR count). The van der Waals surface area contributed by atoms with E-state index in [-0.39, 0.29) is 5.56 Å². The van der Waals surface area contributed by atoms with Crippen LogP contribution in [0.2, 0.25) is 0 Å². The van der Waals surface area contributed by atoms with Crippen LogP contribution < -0.4 is 15.1 Å². The summed E-state index contributed by atoms with van der Waals surface area (Å²) in [5.41, 5.74) is -2.12. The fraction of sp³-hybridized carbons (Fsp3) is 0.385.